The molecule has 0 spiro atoms. The van der Waals surface area contributed by atoms with Gasteiger partial charge in [-0.15, -0.1) is 0 Å². The number of fused-ring (bicyclic) bond motifs is 1. The van der Waals surface area contributed by atoms with E-state index in [1.165, 1.54) is 10.6 Å². The summed E-state index contributed by atoms with van der Waals surface area (Å²) in [6.45, 7) is 0.363. The van der Waals surface area contributed by atoms with Gasteiger partial charge in [0, 0.05) is 29.4 Å². The number of aryl methyl sites for hydroxylation is 1. The molecule has 0 radical (unpaired) electrons. The van der Waals surface area contributed by atoms with Crippen LogP contribution in [0.2, 0.25) is 0 Å². The van der Waals surface area contributed by atoms with Crippen molar-refractivity contribution < 1.29 is 13.0 Å². The average molecular weight is 273 g/mol. The zero-order valence-corrected chi connectivity index (χ0v) is 10.6. The summed E-state index contributed by atoms with van der Waals surface area (Å²) >= 11 is 0. The maximum atomic E-state index is 13.7. The van der Waals surface area contributed by atoms with E-state index in [0.29, 0.717) is 24.2 Å². The van der Waals surface area contributed by atoms with Crippen molar-refractivity contribution in [2.45, 2.75) is 13.0 Å². The molecule has 2 N–H and O–H groups in total. The molecule has 1 heterocycles. The Hall–Kier alpha value is -1.50. The Morgan fingerprint density at radius 3 is 2.83 bits per heavy atom. The lowest BCUT2D eigenvalue weighted by molar-refractivity contribution is 0.511. The quantitative estimate of drug-likeness (QED) is 0.921. The summed E-state index contributed by atoms with van der Waals surface area (Å²) in [5.41, 5.74) is 6.06. The molecule has 0 aliphatic rings. The fraction of sp³-hybridized carbons (Fsp3) is 0.364. The van der Waals surface area contributed by atoms with Crippen molar-refractivity contribution in [2.75, 3.05) is 17.7 Å². The largest absolute Gasteiger partial charge is 0.369 e. The number of hydrogen-bond donors (Lipinski definition) is 1. The van der Waals surface area contributed by atoms with E-state index in [1.54, 1.807) is 6.26 Å². The van der Waals surface area contributed by atoms with Crippen LogP contribution in [0.1, 0.15) is 6.42 Å². The van der Waals surface area contributed by atoms with Gasteiger partial charge < -0.3 is 10.3 Å². The second-order valence-electron chi connectivity index (χ2n) is 3.98. The number of nitrogens with zero attached hydrogens (tertiary/aromatic N) is 2. The minimum absolute atomic E-state index is 0.0642. The third-order valence-corrected chi connectivity index (χ3v) is 3.51. The molecule has 98 valence electrons. The van der Waals surface area contributed by atoms with Crippen molar-refractivity contribution >= 4 is 27.8 Å². The highest BCUT2D eigenvalue weighted by atomic mass is 32.2. The van der Waals surface area contributed by atoms with Crippen LogP contribution in [0.25, 0.3) is 11.0 Å². The first-order chi connectivity index (χ1) is 8.50. The van der Waals surface area contributed by atoms with Crippen molar-refractivity contribution in [2.24, 2.45) is 0 Å². The Morgan fingerprint density at radius 2 is 2.17 bits per heavy atom. The second-order valence-corrected chi connectivity index (χ2v) is 5.54. The predicted molar refractivity (Wildman–Crippen MR) is 67.6 cm³/mol. The molecule has 18 heavy (non-hydrogen) atoms. The first-order valence-electron chi connectivity index (χ1n) is 5.40. The molecular formula is C11H13F2N3OS. The molecular weight excluding hydrogens is 260 g/mol. The predicted octanol–water partition coefficient (Wildman–Crippen LogP) is 1.67. The molecule has 1 aromatic heterocycles. The van der Waals surface area contributed by atoms with Crippen LogP contribution < -0.4 is 5.73 Å². The van der Waals surface area contributed by atoms with Crippen molar-refractivity contribution in [1.82, 2.24) is 9.55 Å². The van der Waals surface area contributed by atoms with Crippen LogP contribution in [-0.4, -0.2) is 25.8 Å². The lowest BCUT2D eigenvalue weighted by Crippen LogP contribution is -2.07. The van der Waals surface area contributed by atoms with E-state index in [2.05, 4.69) is 4.98 Å². The minimum Gasteiger partial charge on any atom is -0.369 e. The Bertz CT molecular complexity index is 612. The van der Waals surface area contributed by atoms with Crippen molar-refractivity contribution in [3.05, 3.63) is 23.8 Å². The van der Waals surface area contributed by atoms with Gasteiger partial charge in [0.25, 0.3) is 0 Å². The SMILES string of the molecule is CS(=O)CCCn1c(N)nc2ccc(F)c(F)c21. The molecule has 1 aromatic carbocycles. The molecule has 1 atom stereocenters. The maximum absolute atomic E-state index is 13.7. The third-order valence-electron chi connectivity index (χ3n) is 2.64. The number of benzene rings is 1. The highest BCUT2D eigenvalue weighted by Gasteiger charge is 2.15. The molecule has 7 heteroatoms. The molecule has 0 fully saturated rings. The summed E-state index contributed by atoms with van der Waals surface area (Å²) < 4.78 is 39.3. The Balaban J connectivity index is 2.39. The van der Waals surface area contributed by atoms with E-state index >= 15 is 0 Å². The van der Waals surface area contributed by atoms with Gasteiger partial charge in [0.15, 0.2) is 11.6 Å². The van der Waals surface area contributed by atoms with Gasteiger partial charge in [0.1, 0.15) is 5.52 Å². The van der Waals surface area contributed by atoms with Gasteiger partial charge in [-0.25, -0.2) is 13.8 Å². The lowest BCUT2D eigenvalue weighted by Gasteiger charge is -2.06. The van der Waals surface area contributed by atoms with Gasteiger partial charge in [-0.1, -0.05) is 0 Å². The van der Waals surface area contributed by atoms with Crippen molar-refractivity contribution in [1.29, 1.82) is 0 Å². The highest BCUT2D eigenvalue weighted by molar-refractivity contribution is 7.84. The summed E-state index contributed by atoms with van der Waals surface area (Å²) in [5.74, 6) is -1.26. The minimum atomic E-state index is -0.950. The Labute approximate surface area is 105 Å². The molecule has 0 aliphatic heterocycles. The topological polar surface area (TPSA) is 60.9 Å². The molecule has 0 saturated heterocycles. The highest BCUT2D eigenvalue weighted by Crippen LogP contribution is 2.23. The number of halogens is 2. The van der Waals surface area contributed by atoms with Gasteiger partial charge in [-0.05, 0) is 18.6 Å². The molecule has 2 aromatic rings. The van der Waals surface area contributed by atoms with Crippen LogP contribution in [0.4, 0.5) is 14.7 Å². The van der Waals surface area contributed by atoms with Gasteiger partial charge in [-0.2, -0.15) is 0 Å². The maximum Gasteiger partial charge on any atom is 0.201 e. The van der Waals surface area contributed by atoms with Crippen LogP contribution in [0.5, 0.6) is 0 Å². The van der Waals surface area contributed by atoms with Crippen LogP contribution in [0.15, 0.2) is 12.1 Å². The Kier molecular flexibility index (Phi) is 3.60. The molecule has 2 rings (SSSR count). The zero-order valence-electron chi connectivity index (χ0n) is 9.82. The van der Waals surface area contributed by atoms with Crippen LogP contribution >= 0.6 is 0 Å². The fourth-order valence-electron chi connectivity index (χ4n) is 1.83. The van der Waals surface area contributed by atoms with Crippen LogP contribution in [-0.2, 0) is 17.3 Å². The van der Waals surface area contributed by atoms with Gasteiger partial charge >= 0.3 is 0 Å². The standard InChI is InChI=1S/C11H13F2N3OS/c1-18(17)6-2-5-16-10-8(15-11(16)14)4-3-7(12)9(10)13/h3-4H,2,5-6H2,1H3,(H2,14,15). The lowest BCUT2D eigenvalue weighted by atomic mass is 10.3. The number of nitrogen functional groups attached to an aromatic ring is 1. The monoisotopic (exact) mass is 273 g/mol. The third kappa shape index (κ3) is 2.35. The first-order valence-corrected chi connectivity index (χ1v) is 7.13. The number of hydrogen-bond acceptors (Lipinski definition) is 3. The van der Waals surface area contributed by atoms with Gasteiger partial charge in [0.05, 0.1) is 5.52 Å². The normalized spacial score (nSPS) is 13.1. The first kappa shape index (κ1) is 12.9. The van der Waals surface area contributed by atoms with E-state index in [9.17, 15) is 13.0 Å². The number of imidazole rings is 1. The van der Waals surface area contributed by atoms with Crippen molar-refractivity contribution in [3.8, 4) is 0 Å². The number of rotatable bonds is 4. The second kappa shape index (κ2) is 5.01. The van der Waals surface area contributed by atoms with E-state index in [4.69, 9.17) is 5.73 Å². The molecule has 0 aliphatic carbocycles. The number of aromatic nitrogens is 2. The smallest absolute Gasteiger partial charge is 0.201 e. The molecule has 0 bridgehead atoms. The van der Waals surface area contributed by atoms with E-state index < -0.39 is 22.4 Å². The van der Waals surface area contributed by atoms with E-state index in [1.807, 2.05) is 0 Å². The van der Waals surface area contributed by atoms with Gasteiger partial charge in [0.2, 0.25) is 5.95 Å². The molecule has 0 saturated carbocycles. The van der Waals surface area contributed by atoms with E-state index in [0.717, 1.165) is 6.07 Å². The number of nitrogens with two attached hydrogens (primary N) is 1. The zero-order chi connectivity index (χ0) is 13.3. The summed E-state index contributed by atoms with van der Waals surface area (Å²) in [7, 11) is -0.920. The molecule has 1 unspecified atom stereocenters. The van der Waals surface area contributed by atoms with E-state index in [-0.39, 0.29) is 11.5 Å². The molecule has 4 nitrogen and oxygen atoms in total. The average Bonchev–Trinajstić information content (AvgIpc) is 2.61. The number of anilines is 1. The summed E-state index contributed by atoms with van der Waals surface area (Å²) in [5, 5.41) is 0. The van der Waals surface area contributed by atoms with Crippen molar-refractivity contribution in [3.63, 3.8) is 0 Å². The summed E-state index contributed by atoms with van der Waals surface area (Å²) in [6, 6.07) is 2.41. The van der Waals surface area contributed by atoms with Gasteiger partial charge in [-0.3, -0.25) is 4.21 Å². The molecule has 0 amide bonds. The summed E-state index contributed by atoms with van der Waals surface area (Å²) in [6.07, 6.45) is 2.16. The van der Waals surface area contributed by atoms with Crippen LogP contribution in [0, 0.1) is 11.6 Å². The summed E-state index contributed by atoms with van der Waals surface area (Å²) in [4.78, 5) is 3.97. The Morgan fingerprint density at radius 1 is 1.44 bits per heavy atom. The fourth-order valence-corrected chi connectivity index (χ4v) is 2.36. The van der Waals surface area contributed by atoms with Crippen LogP contribution in [0.3, 0.4) is 0 Å².